The molecule has 5 heteroatoms. The van der Waals surface area contributed by atoms with E-state index in [-0.39, 0.29) is 28.6 Å². The topological polar surface area (TPSA) is 46.2 Å². The van der Waals surface area contributed by atoms with Gasteiger partial charge in [-0.25, -0.2) is 4.39 Å². The van der Waals surface area contributed by atoms with Gasteiger partial charge in [0, 0.05) is 18.2 Å². The highest BCUT2D eigenvalue weighted by Gasteiger charge is 2.17. The first-order valence-electron chi connectivity index (χ1n) is 4.07. The van der Waals surface area contributed by atoms with E-state index in [2.05, 4.69) is 0 Å². The highest BCUT2D eigenvalue weighted by Crippen LogP contribution is 2.32. The SMILES string of the molecule is N[C@@H](CCO)c1c(F)ccc(Cl)c1Cl. The number of hydrogen-bond acceptors (Lipinski definition) is 2. The predicted molar refractivity (Wildman–Crippen MR) is 55.1 cm³/mol. The molecule has 0 heterocycles. The molecule has 0 bridgehead atoms. The van der Waals surface area contributed by atoms with Gasteiger partial charge in [-0.3, -0.25) is 0 Å². The van der Waals surface area contributed by atoms with Crippen LogP contribution in [0.15, 0.2) is 12.1 Å². The van der Waals surface area contributed by atoms with Gasteiger partial charge in [0.1, 0.15) is 5.82 Å². The molecule has 0 spiro atoms. The van der Waals surface area contributed by atoms with E-state index in [1.165, 1.54) is 12.1 Å². The summed E-state index contributed by atoms with van der Waals surface area (Å²) in [5, 5.41) is 9.05. The van der Waals surface area contributed by atoms with Crippen LogP contribution in [-0.4, -0.2) is 11.7 Å². The highest BCUT2D eigenvalue weighted by molar-refractivity contribution is 6.42. The van der Waals surface area contributed by atoms with Gasteiger partial charge in [0.25, 0.3) is 0 Å². The molecule has 0 fully saturated rings. The maximum absolute atomic E-state index is 13.3. The first-order valence-corrected chi connectivity index (χ1v) is 4.83. The summed E-state index contributed by atoms with van der Waals surface area (Å²) >= 11 is 11.5. The zero-order chi connectivity index (χ0) is 10.7. The summed E-state index contributed by atoms with van der Waals surface area (Å²) in [6, 6.07) is 1.95. The van der Waals surface area contributed by atoms with Gasteiger partial charge in [-0.05, 0) is 18.6 Å². The minimum absolute atomic E-state index is 0.118. The zero-order valence-electron chi connectivity index (χ0n) is 7.30. The van der Waals surface area contributed by atoms with E-state index in [0.717, 1.165) is 0 Å². The summed E-state index contributed by atoms with van der Waals surface area (Å²) in [6.45, 7) is -0.122. The second-order valence-electron chi connectivity index (χ2n) is 2.88. The lowest BCUT2D eigenvalue weighted by Gasteiger charge is -2.13. The summed E-state index contributed by atoms with van der Waals surface area (Å²) < 4.78 is 13.3. The molecular formula is C9H10Cl2FNO. The average Bonchev–Trinajstić information content (AvgIpc) is 2.13. The van der Waals surface area contributed by atoms with E-state index >= 15 is 0 Å². The van der Waals surface area contributed by atoms with E-state index in [4.69, 9.17) is 34.0 Å². The minimum atomic E-state index is -0.633. The number of aliphatic hydroxyl groups excluding tert-OH is 1. The number of aliphatic hydroxyl groups is 1. The zero-order valence-corrected chi connectivity index (χ0v) is 8.82. The van der Waals surface area contributed by atoms with Crippen molar-refractivity contribution in [2.45, 2.75) is 12.5 Å². The van der Waals surface area contributed by atoms with E-state index in [0.29, 0.717) is 0 Å². The Morgan fingerprint density at radius 1 is 1.43 bits per heavy atom. The molecular weight excluding hydrogens is 228 g/mol. The van der Waals surface area contributed by atoms with E-state index in [1.54, 1.807) is 0 Å². The number of halogens is 3. The fourth-order valence-corrected chi connectivity index (χ4v) is 1.62. The Bertz CT molecular complexity index is 333. The molecule has 0 aliphatic rings. The van der Waals surface area contributed by atoms with Crippen molar-refractivity contribution in [2.24, 2.45) is 5.73 Å². The summed E-state index contributed by atoms with van der Waals surface area (Å²) in [6.07, 6.45) is 0.247. The molecule has 14 heavy (non-hydrogen) atoms. The van der Waals surface area contributed by atoms with Crippen molar-refractivity contribution in [3.05, 3.63) is 33.6 Å². The smallest absolute Gasteiger partial charge is 0.129 e. The summed E-state index contributed by atoms with van der Waals surface area (Å²) in [5.74, 6) is -0.500. The maximum Gasteiger partial charge on any atom is 0.129 e. The molecule has 0 radical (unpaired) electrons. The quantitative estimate of drug-likeness (QED) is 0.794. The minimum Gasteiger partial charge on any atom is -0.396 e. The molecule has 3 N–H and O–H groups in total. The number of hydrogen-bond donors (Lipinski definition) is 2. The Labute approximate surface area is 91.4 Å². The molecule has 0 saturated carbocycles. The summed E-state index contributed by atoms with van der Waals surface area (Å²) in [4.78, 5) is 0. The number of rotatable bonds is 3. The molecule has 1 atom stereocenters. The van der Waals surface area contributed by atoms with Crippen LogP contribution in [0.4, 0.5) is 4.39 Å². The monoisotopic (exact) mass is 237 g/mol. The molecule has 0 aliphatic carbocycles. The predicted octanol–water partition coefficient (Wildman–Crippen LogP) is 2.51. The number of benzene rings is 1. The molecule has 78 valence electrons. The molecule has 0 saturated heterocycles. The second kappa shape index (κ2) is 4.94. The van der Waals surface area contributed by atoms with Crippen LogP contribution in [0.5, 0.6) is 0 Å². The molecule has 2 nitrogen and oxygen atoms in total. The molecule has 0 unspecified atom stereocenters. The Hall–Kier alpha value is -0.350. The molecule has 1 aromatic rings. The van der Waals surface area contributed by atoms with E-state index in [1.807, 2.05) is 0 Å². The highest BCUT2D eigenvalue weighted by atomic mass is 35.5. The molecule has 0 aliphatic heterocycles. The first kappa shape index (κ1) is 11.7. The fraction of sp³-hybridized carbons (Fsp3) is 0.333. The summed E-state index contributed by atoms with van der Waals surface area (Å²) in [7, 11) is 0. The molecule has 0 amide bonds. The molecule has 1 aromatic carbocycles. The van der Waals surface area contributed by atoms with Gasteiger partial charge in [0.2, 0.25) is 0 Å². The Balaban J connectivity index is 3.11. The lowest BCUT2D eigenvalue weighted by molar-refractivity contribution is 0.275. The standard InChI is InChI=1S/C9H10Cl2FNO/c10-5-1-2-6(12)8(9(5)11)7(13)3-4-14/h1-2,7,14H,3-4,13H2/t7-/m0/s1. The molecule has 0 aromatic heterocycles. The van der Waals surface area contributed by atoms with Crippen LogP contribution < -0.4 is 5.73 Å². The van der Waals surface area contributed by atoms with Gasteiger partial charge in [-0.2, -0.15) is 0 Å². The lowest BCUT2D eigenvalue weighted by Crippen LogP contribution is -2.14. The van der Waals surface area contributed by atoms with Crippen LogP contribution in [0, 0.1) is 5.82 Å². The van der Waals surface area contributed by atoms with Crippen molar-refractivity contribution < 1.29 is 9.50 Å². The van der Waals surface area contributed by atoms with E-state index in [9.17, 15) is 4.39 Å². The van der Waals surface area contributed by atoms with Crippen LogP contribution in [0.3, 0.4) is 0 Å². The van der Waals surface area contributed by atoms with Gasteiger partial charge in [0.15, 0.2) is 0 Å². The third kappa shape index (κ3) is 2.36. The van der Waals surface area contributed by atoms with Crippen LogP contribution in [0.1, 0.15) is 18.0 Å². The Morgan fingerprint density at radius 2 is 2.07 bits per heavy atom. The summed E-state index contributed by atoms with van der Waals surface area (Å²) in [5.41, 5.74) is 5.79. The van der Waals surface area contributed by atoms with Crippen LogP contribution in [0.2, 0.25) is 10.0 Å². The van der Waals surface area contributed by atoms with Crippen molar-refractivity contribution in [3.8, 4) is 0 Å². The Kier molecular flexibility index (Phi) is 4.13. The normalized spacial score (nSPS) is 12.9. The third-order valence-corrected chi connectivity index (χ3v) is 2.71. The second-order valence-corrected chi connectivity index (χ2v) is 3.66. The fourth-order valence-electron chi connectivity index (χ4n) is 1.17. The molecule has 1 rings (SSSR count). The van der Waals surface area contributed by atoms with Crippen molar-refractivity contribution in [3.63, 3.8) is 0 Å². The van der Waals surface area contributed by atoms with Crippen molar-refractivity contribution in [1.82, 2.24) is 0 Å². The third-order valence-electron chi connectivity index (χ3n) is 1.89. The van der Waals surface area contributed by atoms with Crippen molar-refractivity contribution in [1.29, 1.82) is 0 Å². The van der Waals surface area contributed by atoms with Crippen LogP contribution in [0.25, 0.3) is 0 Å². The maximum atomic E-state index is 13.3. The average molecular weight is 238 g/mol. The van der Waals surface area contributed by atoms with Gasteiger partial charge in [-0.15, -0.1) is 0 Å². The van der Waals surface area contributed by atoms with Gasteiger partial charge in [0.05, 0.1) is 10.0 Å². The van der Waals surface area contributed by atoms with Crippen molar-refractivity contribution in [2.75, 3.05) is 6.61 Å². The van der Waals surface area contributed by atoms with Gasteiger partial charge < -0.3 is 10.8 Å². The Morgan fingerprint density at radius 3 is 2.64 bits per heavy atom. The van der Waals surface area contributed by atoms with Crippen LogP contribution in [-0.2, 0) is 0 Å². The van der Waals surface area contributed by atoms with E-state index < -0.39 is 11.9 Å². The van der Waals surface area contributed by atoms with Gasteiger partial charge >= 0.3 is 0 Å². The van der Waals surface area contributed by atoms with Crippen LogP contribution >= 0.6 is 23.2 Å². The number of nitrogens with two attached hydrogens (primary N) is 1. The van der Waals surface area contributed by atoms with Gasteiger partial charge in [-0.1, -0.05) is 23.2 Å². The lowest BCUT2D eigenvalue weighted by atomic mass is 10.0. The van der Waals surface area contributed by atoms with Crippen molar-refractivity contribution >= 4 is 23.2 Å². The first-order chi connectivity index (χ1) is 6.57. The largest absolute Gasteiger partial charge is 0.396 e.